The van der Waals surface area contributed by atoms with Gasteiger partial charge in [0, 0.05) is 10.4 Å². The van der Waals surface area contributed by atoms with Crippen LogP contribution in [-0.4, -0.2) is 15.2 Å². The minimum atomic E-state index is 0.263. The van der Waals surface area contributed by atoms with Gasteiger partial charge in [-0.2, -0.15) is 0 Å². The molecule has 0 fully saturated rings. The number of aryl methyl sites for hydroxylation is 1. The molecule has 0 atom stereocenters. The van der Waals surface area contributed by atoms with E-state index in [9.17, 15) is 0 Å². The summed E-state index contributed by atoms with van der Waals surface area (Å²) in [6.07, 6.45) is 0. The van der Waals surface area contributed by atoms with Gasteiger partial charge in [-0.15, -0.1) is 16.4 Å². The first-order chi connectivity index (χ1) is 8.74. The Labute approximate surface area is 112 Å². The third kappa shape index (κ3) is 2.00. The van der Waals surface area contributed by atoms with Gasteiger partial charge in [-0.05, 0) is 19.1 Å². The molecule has 2 aromatic heterocycles. The second-order valence-electron chi connectivity index (χ2n) is 3.71. The van der Waals surface area contributed by atoms with Crippen molar-refractivity contribution in [2.24, 2.45) is 0 Å². The lowest BCUT2D eigenvalue weighted by atomic mass is 10.2. The van der Waals surface area contributed by atoms with Gasteiger partial charge in [-0.3, -0.25) is 0 Å². The normalized spacial score (nSPS) is 10.7. The number of nitrogens with zero attached hydrogens (tertiary/aromatic N) is 2. The summed E-state index contributed by atoms with van der Waals surface area (Å²) < 4.78 is 5.29. The topological polar surface area (TPSA) is 54.7 Å². The van der Waals surface area contributed by atoms with Gasteiger partial charge in [0.2, 0.25) is 0 Å². The van der Waals surface area contributed by atoms with Crippen LogP contribution >= 0.6 is 23.6 Å². The van der Waals surface area contributed by atoms with Crippen molar-refractivity contribution in [3.63, 3.8) is 0 Å². The molecule has 4 nitrogen and oxygen atoms in total. The highest BCUT2D eigenvalue weighted by Crippen LogP contribution is 2.32. The minimum absolute atomic E-state index is 0.263. The van der Waals surface area contributed by atoms with Gasteiger partial charge in [0.05, 0.1) is 0 Å². The SMILES string of the molecule is Cc1sc(-c2ccccc2)nc1-c1n[nH]c(=S)o1. The Morgan fingerprint density at radius 2 is 2.06 bits per heavy atom. The number of benzene rings is 1. The Morgan fingerprint density at radius 3 is 2.72 bits per heavy atom. The van der Waals surface area contributed by atoms with Gasteiger partial charge >= 0.3 is 0 Å². The molecule has 1 aromatic carbocycles. The molecule has 3 rings (SSSR count). The van der Waals surface area contributed by atoms with E-state index in [2.05, 4.69) is 15.2 Å². The van der Waals surface area contributed by atoms with Crippen molar-refractivity contribution in [1.82, 2.24) is 15.2 Å². The zero-order valence-electron chi connectivity index (χ0n) is 9.51. The second-order valence-corrected chi connectivity index (χ2v) is 5.28. The maximum Gasteiger partial charge on any atom is 0.284 e. The Kier molecular flexibility index (Phi) is 2.81. The van der Waals surface area contributed by atoms with Crippen molar-refractivity contribution in [2.45, 2.75) is 6.92 Å². The van der Waals surface area contributed by atoms with Crippen LogP contribution in [0.15, 0.2) is 34.7 Å². The van der Waals surface area contributed by atoms with Gasteiger partial charge in [-0.25, -0.2) is 10.1 Å². The lowest BCUT2D eigenvalue weighted by Crippen LogP contribution is -1.81. The first kappa shape index (κ1) is 11.3. The Bertz CT molecular complexity index is 727. The summed E-state index contributed by atoms with van der Waals surface area (Å²) in [6.45, 7) is 1.99. The molecule has 3 aromatic rings. The van der Waals surface area contributed by atoms with Gasteiger partial charge in [0.1, 0.15) is 10.7 Å². The molecular weight excluding hydrogens is 266 g/mol. The van der Waals surface area contributed by atoms with Crippen LogP contribution in [0.2, 0.25) is 0 Å². The van der Waals surface area contributed by atoms with Crippen molar-refractivity contribution >= 4 is 23.6 Å². The lowest BCUT2D eigenvalue weighted by Gasteiger charge is -1.92. The molecule has 2 heterocycles. The first-order valence-electron chi connectivity index (χ1n) is 5.33. The number of hydrogen-bond acceptors (Lipinski definition) is 5. The number of nitrogens with one attached hydrogen (secondary N) is 1. The summed E-state index contributed by atoms with van der Waals surface area (Å²) in [6, 6.07) is 10.0. The highest BCUT2D eigenvalue weighted by Gasteiger charge is 2.15. The molecule has 0 aliphatic heterocycles. The monoisotopic (exact) mass is 275 g/mol. The van der Waals surface area contributed by atoms with Crippen LogP contribution in [0.1, 0.15) is 4.88 Å². The number of aromatic nitrogens is 3. The van der Waals surface area contributed by atoms with Gasteiger partial charge < -0.3 is 4.42 Å². The highest BCUT2D eigenvalue weighted by molar-refractivity contribution is 7.71. The Hall–Kier alpha value is -1.79. The summed E-state index contributed by atoms with van der Waals surface area (Å²) >= 11 is 6.48. The third-order valence-electron chi connectivity index (χ3n) is 2.46. The fourth-order valence-corrected chi connectivity index (χ4v) is 2.67. The van der Waals surface area contributed by atoms with Crippen molar-refractivity contribution < 1.29 is 4.42 Å². The highest BCUT2D eigenvalue weighted by atomic mass is 32.1. The molecule has 90 valence electrons. The van der Waals surface area contributed by atoms with Gasteiger partial charge in [0.15, 0.2) is 0 Å². The third-order valence-corrected chi connectivity index (χ3v) is 3.65. The molecule has 0 aliphatic rings. The van der Waals surface area contributed by atoms with Crippen LogP contribution in [0.25, 0.3) is 22.2 Å². The first-order valence-corrected chi connectivity index (χ1v) is 6.55. The summed E-state index contributed by atoms with van der Waals surface area (Å²) in [5, 5.41) is 7.56. The maximum absolute atomic E-state index is 5.29. The maximum atomic E-state index is 5.29. The molecule has 6 heteroatoms. The summed E-state index contributed by atoms with van der Waals surface area (Å²) in [7, 11) is 0. The van der Waals surface area contributed by atoms with E-state index in [0.29, 0.717) is 5.89 Å². The molecule has 0 unspecified atom stereocenters. The van der Waals surface area contributed by atoms with Crippen molar-refractivity contribution in [1.29, 1.82) is 0 Å². The summed E-state index contributed by atoms with van der Waals surface area (Å²) in [4.78, 5) is 5.88. The number of hydrogen-bond donors (Lipinski definition) is 1. The molecule has 0 radical (unpaired) electrons. The quantitative estimate of drug-likeness (QED) is 0.722. The van der Waals surface area contributed by atoms with E-state index in [0.717, 1.165) is 21.1 Å². The van der Waals surface area contributed by atoms with Gasteiger partial charge in [-0.1, -0.05) is 30.3 Å². The van der Waals surface area contributed by atoms with E-state index in [1.165, 1.54) is 0 Å². The molecule has 0 bridgehead atoms. The predicted molar refractivity (Wildman–Crippen MR) is 73.0 cm³/mol. The van der Waals surface area contributed by atoms with Crippen LogP contribution in [0, 0.1) is 11.8 Å². The molecule has 18 heavy (non-hydrogen) atoms. The van der Waals surface area contributed by atoms with Crippen LogP contribution in [-0.2, 0) is 0 Å². The molecule has 0 saturated heterocycles. The predicted octanol–water partition coefficient (Wildman–Crippen LogP) is 3.83. The van der Waals surface area contributed by atoms with Crippen LogP contribution in [0.3, 0.4) is 0 Å². The molecular formula is C12H9N3OS2. The second kappa shape index (κ2) is 4.47. The van der Waals surface area contributed by atoms with E-state index in [4.69, 9.17) is 16.6 Å². The Balaban J connectivity index is 2.09. The molecule has 0 aliphatic carbocycles. The number of rotatable bonds is 2. The van der Waals surface area contributed by atoms with Crippen molar-refractivity contribution in [3.8, 4) is 22.2 Å². The summed E-state index contributed by atoms with van der Waals surface area (Å²) in [5.74, 6) is 0.441. The fraction of sp³-hybridized carbons (Fsp3) is 0.0833. The number of thiazole rings is 1. The Morgan fingerprint density at radius 1 is 1.28 bits per heavy atom. The van der Waals surface area contributed by atoms with Crippen LogP contribution in [0.5, 0.6) is 0 Å². The van der Waals surface area contributed by atoms with E-state index in [-0.39, 0.29) is 4.84 Å². The molecule has 0 spiro atoms. The van der Waals surface area contributed by atoms with Crippen LogP contribution in [0.4, 0.5) is 0 Å². The van der Waals surface area contributed by atoms with Crippen LogP contribution < -0.4 is 0 Å². The summed E-state index contributed by atoms with van der Waals surface area (Å²) in [5.41, 5.74) is 1.83. The number of aromatic amines is 1. The number of H-pyrrole nitrogens is 1. The fourth-order valence-electron chi connectivity index (χ4n) is 1.63. The molecule has 0 saturated carbocycles. The standard InChI is InChI=1S/C12H9N3OS2/c1-7-9(10-14-15-12(17)16-10)13-11(18-7)8-5-3-2-4-6-8/h2-6H,1H3,(H,15,17). The minimum Gasteiger partial charge on any atom is -0.408 e. The average Bonchev–Trinajstić information content (AvgIpc) is 2.97. The zero-order valence-corrected chi connectivity index (χ0v) is 11.1. The molecule has 1 N–H and O–H groups in total. The smallest absolute Gasteiger partial charge is 0.284 e. The molecule has 0 amide bonds. The van der Waals surface area contributed by atoms with E-state index < -0.39 is 0 Å². The lowest BCUT2D eigenvalue weighted by molar-refractivity contribution is 0.550. The largest absolute Gasteiger partial charge is 0.408 e. The van der Waals surface area contributed by atoms with Gasteiger partial charge in [0.25, 0.3) is 10.7 Å². The zero-order chi connectivity index (χ0) is 12.5. The van der Waals surface area contributed by atoms with E-state index in [1.54, 1.807) is 11.3 Å². The average molecular weight is 275 g/mol. The van der Waals surface area contributed by atoms with Crippen molar-refractivity contribution in [2.75, 3.05) is 0 Å². The van der Waals surface area contributed by atoms with E-state index in [1.807, 2.05) is 37.3 Å². The van der Waals surface area contributed by atoms with E-state index >= 15 is 0 Å². The van der Waals surface area contributed by atoms with Crippen molar-refractivity contribution in [3.05, 3.63) is 40.0 Å².